The maximum atomic E-state index is 12.8. The lowest BCUT2D eigenvalue weighted by atomic mass is 10.0. The van der Waals surface area contributed by atoms with E-state index in [1.54, 1.807) is 12.1 Å². The van der Waals surface area contributed by atoms with E-state index < -0.39 is 54.0 Å². The number of aliphatic hydroxyl groups excluding tert-OH is 1. The van der Waals surface area contributed by atoms with Crippen LogP contribution >= 0.6 is 12.6 Å². The average Bonchev–Trinajstić information content (AvgIpc) is 2.70. The Morgan fingerprint density at radius 2 is 1.52 bits per heavy atom. The van der Waals surface area contributed by atoms with Crippen molar-refractivity contribution in [2.24, 2.45) is 5.73 Å². The summed E-state index contributed by atoms with van der Waals surface area (Å²) in [6.45, 7) is 2.68. The fourth-order valence-corrected chi connectivity index (χ4v) is 2.73. The molecule has 1 aromatic carbocycles. The Morgan fingerprint density at radius 1 is 0.968 bits per heavy atom. The number of carbonyl (C=O) groups excluding carboxylic acids is 3. The van der Waals surface area contributed by atoms with Crippen molar-refractivity contribution in [3.05, 3.63) is 29.8 Å². The zero-order chi connectivity index (χ0) is 23.7. The van der Waals surface area contributed by atoms with Crippen molar-refractivity contribution in [2.75, 3.05) is 5.75 Å². The van der Waals surface area contributed by atoms with E-state index in [0.29, 0.717) is 5.56 Å². The molecule has 5 unspecified atom stereocenters. The van der Waals surface area contributed by atoms with Gasteiger partial charge in [-0.25, -0.2) is 4.79 Å². The summed E-state index contributed by atoms with van der Waals surface area (Å²) in [5.41, 5.74) is 6.15. The van der Waals surface area contributed by atoms with Crippen LogP contribution in [0.2, 0.25) is 0 Å². The summed E-state index contributed by atoms with van der Waals surface area (Å²) >= 11 is 3.85. The number of hydrogen-bond acceptors (Lipinski definition) is 8. The van der Waals surface area contributed by atoms with Crippen LogP contribution in [0, 0.1) is 0 Å². The van der Waals surface area contributed by atoms with Gasteiger partial charge in [0.1, 0.15) is 23.9 Å². The molecule has 0 saturated heterocycles. The largest absolute Gasteiger partial charge is 0.508 e. The molecule has 31 heavy (non-hydrogen) atoms. The number of rotatable bonds is 11. The van der Waals surface area contributed by atoms with Gasteiger partial charge in [0.05, 0.1) is 12.1 Å². The molecule has 0 aromatic heterocycles. The van der Waals surface area contributed by atoms with E-state index in [1.165, 1.54) is 26.0 Å². The summed E-state index contributed by atoms with van der Waals surface area (Å²) in [5, 5.41) is 35.4. The number of phenolic OH excluding ortho intramolecular Hbond substituents is 1. The van der Waals surface area contributed by atoms with Crippen molar-refractivity contribution >= 4 is 36.3 Å². The smallest absolute Gasteiger partial charge is 0.327 e. The van der Waals surface area contributed by atoms with Gasteiger partial charge >= 0.3 is 5.97 Å². The van der Waals surface area contributed by atoms with Crippen LogP contribution < -0.4 is 21.7 Å². The van der Waals surface area contributed by atoms with Gasteiger partial charge in [-0.1, -0.05) is 12.1 Å². The van der Waals surface area contributed by atoms with Crippen molar-refractivity contribution < 1.29 is 34.5 Å². The zero-order valence-corrected chi connectivity index (χ0v) is 18.0. The minimum absolute atomic E-state index is 0.00706. The van der Waals surface area contributed by atoms with Crippen molar-refractivity contribution in [1.29, 1.82) is 0 Å². The molecule has 12 heteroatoms. The molecule has 0 bridgehead atoms. The van der Waals surface area contributed by atoms with Gasteiger partial charge in [-0.2, -0.15) is 12.6 Å². The molecule has 0 fully saturated rings. The summed E-state index contributed by atoms with van der Waals surface area (Å²) in [6.07, 6.45) is -1.36. The van der Waals surface area contributed by atoms with Crippen molar-refractivity contribution in [1.82, 2.24) is 16.0 Å². The minimum Gasteiger partial charge on any atom is -0.508 e. The van der Waals surface area contributed by atoms with E-state index >= 15 is 0 Å². The quantitative estimate of drug-likeness (QED) is 0.178. The lowest BCUT2D eigenvalue weighted by molar-refractivity contribution is -0.142. The standard InChI is InChI=1S/C19H28N4O7S/c1-9(20)16(26)21-13(7-11-3-5-12(25)6-4-11)17(27)23-15(10(2)24)18(28)22-14(8-31)19(29)30/h3-6,9-10,13-15,24-25,31H,7-8,20H2,1-2H3,(H,21,26)(H,22,28)(H,23,27)(H,29,30). The number of nitrogens with two attached hydrogens (primary N) is 1. The molecule has 0 radical (unpaired) electrons. The van der Waals surface area contributed by atoms with Crippen molar-refractivity contribution in [3.63, 3.8) is 0 Å². The van der Waals surface area contributed by atoms with Crippen LogP contribution in [0.15, 0.2) is 24.3 Å². The van der Waals surface area contributed by atoms with Crippen LogP contribution in [-0.2, 0) is 25.6 Å². The molecule has 172 valence electrons. The predicted octanol–water partition coefficient (Wildman–Crippen LogP) is -1.87. The number of hydrogen-bond donors (Lipinski definition) is 8. The molecular formula is C19H28N4O7S. The van der Waals surface area contributed by atoms with E-state index in [4.69, 9.17) is 10.8 Å². The highest BCUT2D eigenvalue weighted by Crippen LogP contribution is 2.12. The third kappa shape index (κ3) is 8.44. The molecule has 1 rings (SSSR count). The molecule has 0 saturated carbocycles. The molecule has 8 N–H and O–H groups in total. The van der Waals surface area contributed by atoms with Crippen LogP contribution in [-0.4, -0.2) is 75.0 Å². The molecular weight excluding hydrogens is 428 g/mol. The Labute approximate surface area is 184 Å². The number of thiol groups is 1. The first kappa shape index (κ1) is 26.2. The Kier molecular flexibility index (Phi) is 10.3. The second-order valence-corrected chi connectivity index (χ2v) is 7.39. The first-order valence-corrected chi connectivity index (χ1v) is 10.1. The number of carbonyl (C=O) groups is 4. The molecule has 0 aliphatic rings. The number of carboxylic acids is 1. The number of phenols is 1. The van der Waals surface area contributed by atoms with Crippen LogP contribution in [0.3, 0.4) is 0 Å². The topological polar surface area (TPSA) is 191 Å². The highest BCUT2D eigenvalue weighted by molar-refractivity contribution is 7.80. The van der Waals surface area contributed by atoms with Crippen molar-refractivity contribution in [3.8, 4) is 5.75 Å². The lowest BCUT2D eigenvalue weighted by Crippen LogP contribution is -2.60. The molecule has 5 atom stereocenters. The SMILES string of the molecule is CC(N)C(=O)NC(Cc1ccc(O)cc1)C(=O)NC(C(=O)NC(CS)C(=O)O)C(C)O. The monoisotopic (exact) mass is 456 g/mol. The normalized spacial score (nSPS) is 15.6. The van der Waals surface area contributed by atoms with Gasteiger partial charge < -0.3 is 37.0 Å². The molecule has 0 aliphatic heterocycles. The molecule has 11 nitrogen and oxygen atoms in total. The Morgan fingerprint density at radius 3 is 1.97 bits per heavy atom. The van der Waals surface area contributed by atoms with Crippen LogP contribution in [0.25, 0.3) is 0 Å². The minimum atomic E-state index is -1.48. The number of carboxylic acid groups (broad SMARTS) is 1. The van der Waals surface area contributed by atoms with Crippen molar-refractivity contribution in [2.45, 2.75) is 50.5 Å². The maximum absolute atomic E-state index is 12.8. The van der Waals surface area contributed by atoms with E-state index in [1.807, 2.05) is 0 Å². The number of nitrogens with one attached hydrogen (secondary N) is 3. The summed E-state index contributed by atoms with van der Waals surface area (Å²) in [4.78, 5) is 48.4. The summed E-state index contributed by atoms with van der Waals surface area (Å²) in [7, 11) is 0. The Bertz CT molecular complexity index is 786. The Balaban J connectivity index is 3.03. The van der Waals surface area contributed by atoms with Gasteiger partial charge in [0.2, 0.25) is 17.7 Å². The van der Waals surface area contributed by atoms with Crippen LogP contribution in [0.5, 0.6) is 5.75 Å². The highest BCUT2D eigenvalue weighted by atomic mass is 32.1. The molecule has 3 amide bonds. The molecule has 0 heterocycles. The number of aliphatic hydroxyl groups is 1. The second kappa shape index (κ2) is 12.1. The van der Waals surface area contributed by atoms with Crippen LogP contribution in [0.1, 0.15) is 19.4 Å². The lowest BCUT2D eigenvalue weighted by Gasteiger charge is -2.26. The summed E-state index contributed by atoms with van der Waals surface area (Å²) in [6, 6.07) is 1.06. The van der Waals surface area contributed by atoms with Gasteiger partial charge in [-0.15, -0.1) is 0 Å². The second-order valence-electron chi connectivity index (χ2n) is 7.03. The molecule has 0 aliphatic carbocycles. The number of benzene rings is 1. The zero-order valence-electron chi connectivity index (χ0n) is 17.1. The number of aliphatic carboxylic acids is 1. The fraction of sp³-hybridized carbons (Fsp3) is 0.474. The van der Waals surface area contributed by atoms with Crippen LogP contribution in [0.4, 0.5) is 0 Å². The van der Waals surface area contributed by atoms with E-state index in [-0.39, 0.29) is 17.9 Å². The third-order valence-corrected chi connectivity index (χ3v) is 4.65. The van der Waals surface area contributed by atoms with Gasteiger partial charge in [-0.3, -0.25) is 14.4 Å². The van der Waals surface area contributed by atoms with Gasteiger partial charge in [0.25, 0.3) is 0 Å². The molecule has 1 aromatic rings. The summed E-state index contributed by atoms with van der Waals surface area (Å²) in [5.74, 6) is -3.83. The van der Waals surface area contributed by atoms with E-state index in [2.05, 4.69) is 28.6 Å². The van der Waals surface area contributed by atoms with Gasteiger partial charge in [0.15, 0.2) is 0 Å². The highest BCUT2D eigenvalue weighted by Gasteiger charge is 2.32. The summed E-state index contributed by atoms with van der Waals surface area (Å²) < 4.78 is 0. The molecule has 0 spiro atoms. The third-order valence-electron chi connectivity index (χ3n) is 4.28. The van der Waals surface area contributed by atoms with Gasteiger partial charge in [0, 0.05) is 12.2 Å². The predicted molar refractivity (Wildman–Crippen MR) is 114 cm³/mol. The first-order valence-electron chi connectivity index (χ1n) is 9.42. The number of aromatic hydroxyl groups is 1. The van der Waals surface area contributed by atoms with E-state index in [0.717, 1.165) is 0 Å². The number of amides is 3. The van der Waals surface area contributed by atoms with E-state index in [9.17, 15) is 29.4 Å². The fourth-order valence-electron chi connectivity index (χ4n) is 2.49. The first-order chi connectivity index (χ1) is 14.5. The van der Waals surface area contributed by atoms with Gasteiger partial charge in [-0.05, 0) is 31.5 Å². The maximum Gasteiger partial charge on any atom is 0.327 e. The average molecular weight is 457 g/mol. The Hall–Kier alpha value is -2.83.